The summed E-state index contributed by atoms with van der Waals surface area (Å²) >= 11 is 0. The first-order chi connectivity index (χ1) is 11.4. The molecule has 0 aliphatic rings. The lowest BCUT2D eigenvalue weighted by Crippen LogP contribution is -2.30. The molecule has 6 nitrogen and oxygen atoms in total. The molecule has 0 aliphatic carbocycles. The quantitative estimate of drug-likeness (QED) is 0.835. The van der Waals surface area contributed by atoms with Crippen molar-refractivity contribution in [1.82, 2.24) is 10.2 Å². The van der Waals surface area contributed by atoms with Crippen molar-refractivity contribution in [3.05, 3.63) is 34.9 Å². The second-order valence-electron chi connectivity index (χ2n) is 4.91. The Kier molecular flexibility index (Phi) is 14.0. The Bertz CT molecular complexity index is 530. The molecule has 3 amide bonds. The summed E-state index contributed by atoms with van der Waals surface area (Å²) in [7, 11) is 1.60. The summed E-state index contributed by atoms with van der Waals surface area (Å²) in [5.41, 5.74) is 2.74. The summed E-state index contributed by atoms with van der Waals surface area (Å²) in [6, 6.07) is 5.75. The molecule has 24 heavy (non-hydrogen) atoms. The fraction of sp³-hybridized carbons (Fsp3) is 0.444. The van der Waals surface area contributed by atoms with Crippen molar-refractivity contribution in [2.45, 2.75) is 40.5 Å². The first kappa shape index (κ1) is 23.8. The van der Waals surface area contributed by atoms with Gasteiger partial charge in [0.1, 0.15) is 6.79 Å². The molecule has 1 N–H and O–H groups in total. The van der Waals surface area contributed by atoms with Crippen LogP contribution in [0.3, 0.4) is 0 Å². The highest BCUT2D eigenvalue weighted by molar-refractivity contribution is 6.00. The number of imide groups is 1. The van der Waals surface area contributed by atoms with Crippen LogP contribution in [-0.2, 0) is 20.8 Å². The van der Waals surface area contributed by atoms with Crippen LogP contribution in [0.1, 0.15) is 48.7 Å². The van der Waals surface area contributed by atoms with Gasteiger partial charge in [-0.2, -0.15) is 0 Å². The number of carbonyl (C=O) groups is 4. The van der Waals surface area contributed by atoms with Crippen molar-refractivity contribution in [1.29, 1.82) is 0 Å². The van der Waals surface area contributed by atoms with E-state index >= 15 is 0 Å². The molecule has 1 aromatic carbocycles. The molecule has 1 rings (SSSR count). The highest BCUT2D eigenvalue weighted by Crippen LogP contribution is 2.13. The molecule has 0 radical (unpaired) electrons. The number of benzene rings is 1. The number of hydrogen-bond donors (Lipinski definition) is 1. The molecule has 6 heteroatoms. The molecule has 134 valence electrons. The van der Waals surface area contributed by atoms with Gasteiger partial charge in [0.05, 0.1) is 0 Å². The second-order valence-corrected chi connectivity index (χ2v) is 4.91. The number of carbonyl (C=O) groups excluding carboxylic acids is 4. The first-order valence-electron chi connectivity index (χ1n) is 7.74. The van der Waals surface area contributed by atoms with Gasteiger partial charge in [-0.3, -0.25) is 19.3 Å². The third kappa shape index (κ3) is 8.82. The van der Waals surface area contributed by atoms with Crippen molar-refractivity contribution >= 4 is 25.0 Å². The topological polar surface area (TPSA) is 83.6 Å². The lowest BCUT2D eigenvalue weighted by atomic mass is 10.0. The van der Waals surface area contributed by atoms with Crippen LogP contribution in [0, 0.1) is 6.92 Å². The Morgan fingerprint density at radius 2 is 1.79 bits per heavy atom. The van der Waals surface area contributed by atoms with Gasteiger partial charge >= 0.3 is 0 Å². The molecule has 0 saturated heterocycles. The number of rotatable bonds is 5. The van der Waals surface area contributed by atoms with Crippen LogP contribution in [0.4, 0.5) is 0 Å². The van der Waals surface area contributed by atoms with Gasteiger partial charge in [-0.05, 0) is 37.0 Å². The molecular formula is C18H28N2O4. The van der Waals surface area contributed by atoms with Gasteiger partial charge in [-0.1, -0.05) is 26.0 Å². The van der Waals surface area contributed by atoms with Crippen LogP contribution in [-0.4, -0.2) is 43.5 Å². The van der Waals surface area contributed by atoms with Crippen LogP contribution in [0.5, 0.6) is 0 Å². The SMILES string of the molecule is C=O.CCCN(C=O)C(=O)c1ccc(CC)cc1C.CNC(C)=O. The minimum absolute atomic E-state index is 0.00463. The zero-order chi connectivity index (χ0) is 19.1. The number of aryl methyl sites for hydroxylation is 2. The Labute approximate surface area is 144 Å². The molecule has 0 saturated carbocycles. The van der Waals surface area contributed by atoms with Crippen molar-refractivity contribution in [2.75, 3.05) is 13.6 Å². The summed E-state index contributed by atoms with van der Waals surface area (Å²) < 4.78 is 0. The third-order valence-electron chi connectivity index (χ3n) is 3.13. The van der Waals surface area contributed by atoms with Crippen molar-refractivity contribution in [2.24, 2.45) is 0 Å². The summed E-state index contributed by atoms with van der Waals surface area (Å²) in [6.45, 7) is 9.86. The maximum absolute atomic E-state index is 12.1. The Morgan fingerprint density at radius 1 is 1.25 bits per heavy atom. The molecule has 0 aromatic heterocycles. The van der Waals surface area contributed by atoms with E-state index in [1.165, 1.54) is 17.4 Å². The lowest BCUT2D eigenvalue weighted by molar-refractivity contribution is -0.118. The molecule has 0 bridgehead atoms. The predicted molar refractivity (Wildman–Crippen MR) is 94.8 cm³/mol. The van der Waals surface area contributed by atoms with E-state index in [1.54, 1.807) is 7.05 Å². The monoisotopic (exact) mass is 336 g/mol. The smallest absolute Gasteiger partial charge is 0.260 e. The molecule has 0 unspecified atom stereocenters. The minimum atomic E-state index is -0.206. The van der Waals surface area contributed by atoms with Gasteiger partial charge in [0.15, 0.2) is 0 Å². The summed E-state index contributed by atoms with van der Waals surface area (Å²) in [6.07, 6.45) is 2.33. The van der Waals surface area contributed by atoms with Gasteiger partial charge < -0.3 is 10.1 Å². The number of nitrogens with one attached hydrogen (secondary N) is 1. The molecule has 0 spiro atoms. The van der Waals surface area contributed by atoms with Crippen LogP contribution in [0.2, 0.25) is 0 Å². The minimum Gasteiger partial charge on any atom is -0.359 e. The van der Waals surface area contributed by atoms with Crippen LogP contribution in [0.25, 0.3) is 0 Å². The largest absolute Gasteiger partial charge is 0.359 e. The highest BCUT2D eigenvalue weighted by atomic mass is 16.2. The average Bonchev–Trinajstić information content (AvgIpc) is 2.61. The van der Waals surface area contributed by atoms with E-state index in [-0.39, 0.29) is 11.8 Å². The second kappa shape index (κ2) is 14.1. The average molecular weight is 336 g/mol. The van der Waals surface area contributed by atoms with Crippen LogP contribution >= 0.6 is 0 Å². The molecule has 0 atom stereocenters. The number of amides is 3. The van der Waals surface area contributed by atoms with E-state index in [4.69, 9.17) is 4.79 Å². The summed E-state index contributed by atoms with van der Waals surface area (Å²) in [5, 5.41) is 2.39. The highest BCUT2D eigenvalue weighted by Gasteiger charge is 2.16. The van der Waals surface area contributed by atoms with E-state index in [0.717, 1.165) is 18.4 Å². The zero-order valence-electron chi connectivity index (χ0n) is 15.2. The number of hydrogen-bond acceptors (Lipinski definition) is 4. The van der Waals surface area contributed by atoms with Gasteiger partial charge in [0, 0.05) is 26.1 Å². The van der Waals surface area contributed by atoms with E-state index in [1.807, 2.05) is 38.8 Å². The Morgan fingerprint density at radius 3 is 2.12 bits per heavy atom. The maximum atomic E-state index is 12.1. The Balaban J connectivity index is 0. The van der Waals surface area contributed by atoms with E-state index in [9.17, 15) is 14.4 Å². The third-order valence-corrected chi connectivity index (χ3v) is 3.13. The molecule has 0 fully saturated rings. The van der Waals surface area contributed by atoms with Crippen molar-refractivity contribution in [3.63, 3.8) is 0 Å². The maximum Gasteiger partial charge on any atom is 0.260 e. The molecule has 0 aliphatic heterocycles. The van der Waals surface area contributed by atoms with Gasteiger partial charge in [-0.15, -0.1) is 0 Å². The van der Waals surface area contributed by atoms with Gasteiger partial charge in [-0.25, -0.2) is 0 Å². The number of nitrogens with zero attached hydrogens (tertiary/aromatic N) is 1. The predicted octanol–water partition coefficient (Wildman–Crippen LogP) is 2.13. The first-order valence-corrected chi connectivity index (χ1v) is 7.74. The Hall–Kier alpha value is -2.50. The van der Waals surface area contributed by atoms with Crippen molar-refractivity contribution in [3.8, 4) is 0 Å². The van der Waals surface area contributed by atoms with E-state index in [0.29, 0.717) is 18.5 Å². The van der Waals surface area contributed by atoms with E-state index < -0.39 is 0 Å². The van der Waals surface area contributed by atoms with Gasteiger partial charge in [0.2, 0.25) is 12.3 Å². The fourth-order valence-electron chi connectivity index (χ4n) is 1.78. The van der Waals surface area contributed by atoms with Crippen LogP contribution in [0.15, 0.2) is 18.2 Å². The normalized spacial score (nSPS) is 8.71. The fourth-order valence-corrected chi connectivity index (χ4v) is 1.78. The molecule has 1 aromatic rings. The zero-order valence-corrected chi connectivity index (χ0v) is 15.2. The standard InChI is InChI=1S/C14H19NO2.C3H7NO.CH2O/c1-4-8-15(10-16)14(17)13-7-6-12(5-2)9-11(13)3;1-3(5)4-2;1-2/h6-7,9-10H,4-5,8H2,1-3H3;1-2H3,(H,4,5);1H2. The molecule has 0 heterocycles. The van der Waals surface area contributed by atoms with Crippen LogP contribution < -0.4 is 5.32 Å². The van der Waals surface area contributed by atoms with E-state index in [2.05, 4.69) is 12.2 Å². The lowest BCUT2D eigenvalue weighted by Gasteiger charge is -2.16. The summed E-state index contributed by atoms with van der Waals surface area (Å²) in [5.74, 6) is -0.202. The van der Waals surface area contributed by atoms with Gasteiger partial charge in [0.25, 0.3) is 5.91 Å². The summed E-state index contributed by atoms with van der Waals surface area (Å²) in [4.78, 5) is 41.9. The van der Waals surface area contributed by atoms with Crippen molar-refractivity contribution < 1.29 is 19.2 Å². The molecular weight excluding hydrogens is 308 g/mol.